The van der Waals surface area contributed by atoms with Gasteiger partial charge in [-0.25, -0.2) is 0 Å². The molecule has 2 aliphatic rings. The number of fused-ring (bicyclic) bond motifs is 2. The standard InChI is InChI=1S/C26H23NO3/c1-2-30-25(29)26(21-14-8-12-19-11-6-7-13-20(19)21)22-15-16-23(28)27(24(22)26)17-18-9-4-3-5-10-18/h3-16,22,24H,2,17H2,1H3. The van der Waals surface area contributed by atoms with Crippen LogP contribution in [0.25, 0.3) is 10.8 Å². The molecule has 0 radical (unpaired) electrons. The van der Waals surface area contributed by atoms with E-state index in [4.69, 9.17) is 4.74 Å². The second kappa shape index (κ2) is 7.13. The van der Waals surface area contributed by atoms with Crippen LogP contribution in [0.1, 0.15) is 18.1 Å². The predicted molar refractivity (Wildman–Crippen MR) is 116 cm³/mol. The number of nitrogens with zero attached hydrogens (tertiary/aromatic N) is 1. The summed E-state index contributed by atoms with van der Waals surface area (Å²) in [4.78, 5) is 28.2. The topological polar surface area (TPSA) is 46.6 Å². The predicted octanol–water partition coefficient (Wildman–Crippen LogP) is 4.24. The minimum absolute atomic E-state index is 0.0634. The van der Waals surface area contributed by atoms with Gasteiger partial charge in [-0.3, -0.25) is 9.59 Å². The van der Waals surface area contributed by atoms with Gasteiger partial charge in [0.15, 0.2) is 0 Å². The van der Waals surface area contributed by atoms with Gasteiger partial charge in [-0.15, -0.1) is 0 Å². The molecule has 1 fully saturated rings. The fourth-order valence-corrected chi connectivity index (χ4v) is 5.01. The molecule has 3 unspecified atom stereocenters. The molecule has 30 heavy (non-hydrogen) atoms. The molecule has 1 saturated carbocycles. The van der Waals surface area contributed by atoms with Crippen molar-refractivity contribution in [2.75, 3.05) is 6.61 Å². The first kappa shape index (κ1) is 18.6. The highest BCUT2D eigenvalue weighted by molar-refractivity contribution is 6.01. The van der Waals surface area contributed by atoms with E-state index in [1.807, 2.05) is 90.7 Å². The Hall–Kier alpha value is -3.40. The fourth-order valence-electron chi connectivity index (χ4n) is 5.01. The normalized spacial score (nSPS) is 24.6. The Morgan fingerprint density at radius 1 is 1.00 bits per heavy atom. The SMILES string of the molecule is CCOC(=O)C1(c2cccc3ccccc23)C2C=CC(=O)N(Cc3ccccc3)C21. The molecule has 150 valence electrons. The first-order valence-electron chi connectivity index (χ1n) is 10.4. The van der Waals surface area contributed by atoms with E-state index in [1.165, 1.54) is 0 Å². The van der Waals surface area contributed by atoms with Crippen molar-refractivity contribution in [1.29, 1.82) is 0 Å². The number of carbonyl (C=O) groups is 2. The molecule has 3 aromatic rings. The van der Waals surface area contributed by atoms with Crippen LogP contribution in [0.15, 0.2) is 84.9 Å². The van der Waals surface area contributed by atoms with Crippen LogP contribution < -0.4 is 0 Å². The third kappa shape index (κ3) is 2.67. The molecule has 0 saturated heterocycles. The second-order valence-corrected chi connectivity index (χ2v) is 7.90. The number of hydrogen-bond acceptors (Lipinski definition) is 3. The van der Waals surface area contributed by atoms with Gasteiger partial charge in [-0.05, 0) is 34.9 Å². The van der Waals surface area contributed by atoms with Crippen LogP contribution in [0.5, 0.6) is 0 Å². The average Bonchev–Trinajstić information content (AvgIpc) is 3.46. The van der Waals surface area contributed by atoms with E-state index in [0.717, 1.165) is 21.9 Å². The Kier molecular flexibility index (Phi) is 4.43. The summed E-state index contributed by atoms with van der Waals surface area (Å²) < 4.78 is 5.59. The summed E-state index contributed by atoms with van der Waals surface area (Å²) in [5, 5.41) is 2.11. The van der Waals surface area contributed by atoms with Crippen molar-refractivity contribution in [2.45, 2.75) is 24.9 Å². The fraction of sp³-hybridized carbons (Fsp3) is 0.231. The molecule has 0 aromatic heterocycles. The number of amides is 1. The lowest BCUT2D eigenvalue weighted by Gasteiger charge is -2.26. The van der Waals surface area contributed by atoms with E-state index in [9.17, 15) is 9.59 Å². The van der Waals surface area contributed by atoms with Gasteiger partial charge in [0.25, 0.3) is 0 Å². The molecule has 1 aliphatic carbocycles. The van der Waals surface area contributed by atoms with Crippen molar-refractivity contribution in [2.24, 2.45) is 5.92 Å². The maximum absolute atomic E-state index is 13.4. The summed E-state index contributed by atoms with van der Waals surface area (Å²) in [7, 11) is 0. The van der Waals surface area contributed by atoms with E-state index in [1.54, 1.807) is 6.08 Å². The minimum Gasteiger partial charge on any atom is -0.465 e. The van der Waals surface area contributed by atoms with Gasteiger partial charge >= 0.3 is 5.97 Å². The first-order valence-corrected chi connectivity index (χ1v) is 10.4. The lowest BCUT2D eigenvalue weighted by Crippen LogP contribution is -2.39. The van der Waals surface area contributed by atoms with Crippen LogP contribution >= 0.6 is 0 Å². The maximum Gasteiger partial charge on any atom is 0.319 e. The van der Waals surface area contributed by atoms with Crippen molar-refractivity contribution in [3.8, 4) is 0 Å². The van der Waals surface area contributed by atoms with Crippen LogP contribution in [0.4, 0.5) is 0 Å². The second-order valence-electron chi connectivity index (χ2n) is 7.90. The van der Waals surface area contributed by atoms with Crippen LogP contribution in [-0.4, -0.2) is 29.4 Å². The molecule has 5 rings (SSSR count). The van der Waals surface area contributed by atoms with Gasteiger partial charge in [0, 0.05) is 12.5 Å². The van der Waals surface area contributed by atoms with Gasteiger partial charge in [0.1, 0.15) is 5.41 Å². The van der Waals surface area contributed by atoms with Gasteiger partial charge in [-0.2, -0.15) is 0 Å². The summed E-state index contributed by atoms with van der Waals surface area (Å²) in [6.07, 6.45) is 3.50. The molecule has 0 bridgehead atoms. The Morgan fingerprint density at radius 3 is 2.53 bits per heavy atom. The van der Waals surface area contributed by atoms with E-state index >= 15 is 0 Å². The Balaban J connectivity index is 1.65. The van der Waals surface area contributed by atoms with Crippen molar-refractivity contribution in [1.82, 2.24) is 4.90 Å². The van der Waals surface area contributed by atoms with Gasteiger partial charge in [-0.1, -0.05) is 78.9 Å². The van der Waals surface area contributed by atoms with Crippen LogP contribution in [0.3, 0.4) is 0 Å². The maximum atomic E-state index is 13.4. The van der Waals surface area contributed by atoms with Crippen molar-refractivity contribution < 1.29 is 14.3 Å². The number of esters is 1. The molecular formula is C26H23NO3. The summed E-state index contributed by atoms with van der Waals surface area (Å²) in [6, 6.07) is 23.8. The molecule has 1 amide bonds. The number of ether oxygens (including phenoxy) is 1. The molecular weight excluding hydrogens is 374 g/mol. The molecule has 4 nitrogen and oxygen atoms in total. The van der Waals surface area contributed by atoms with Crippen molar-refractivity contribution in [3.05, 3.63) is 96.1 Å². The summed E-state index contributed by atoms with van der Waals surface area (Å²) >= 11 is 0. The Morgan fingerprint density at radius 2 is 1.73 bits per heavy atom. The average molecular weight is 397 g/mol. The zero-order valence-electron chi connectivity index (χ0n) is 16.8. The summed E-state index contributed by atoms with van der Waals surface area (Å²) in [5.74, 6) is -0.413. The first-order chi connectivity index (χ1) is 14.7. The minimum atomic E-state index is -0.881. The van der Waals surface area contributed by atoms with Crippen molar-refractivity contribution >= 4 is 22.6 Å². The summed E-state index contributed by atoms with van der Waals surface area (Å²) in [5.41, 5.74) is 1.10. The molecule has 3 aromatic carbocycles. The molecule has 0 N–H and O–H groups in total. The van der Waals surface area contributed by atoms with E-state index in [-0.39, 0.29) is 23.8 Å². The van der Waals surface area contributed by atoms with E-state index in [0.29, 0.717) is 13.2 Å². The highest BCUT2D eigenvalue weighted by atomic mass is 16.5. The third-order valence-corrected chi connectivity index (χ3v) is 6.33. The largest absolute Gasteiger partial charge is 0.465 e. The highest BCUT2D eigenvalue weighted by Gasteiger charge is 2.74. The van der Waals surface area contributed by atoms with Crippen molar-refractivity contribution in [3.63, 3.8) is 0 Å². The molecule has 4 heteroatoms. The number of carbonyl (C=O) groups excluding carboxylic acids is 2. The van der Waals surface area contributed by atoms with Gasteiger partial charge in [0.05, 0.1) is 12.6 Å². The van der Waals surface area contributed by atoms with Crippen LogP contribution in [0.2, 0.25) is 0 Å². The number of rotatable bonds is 5. The monoisotopic (exact) mass is 397 g/mol. The molecule has 1 aliphatic heterocycles. The molecule has 1 heterocycles. The number of benzene rings is 3. The van der Waals surface area contributed by atoms with Gasteiger partial charge < -0.3 is 9.64 Å². The molecule has 0 spiro atoms. The van der Waals surface area contributed by atoms with E-state index < -0.39 is 5.41 Å². The summed E-state index contributed by atoms with van der Waals surface area (Å²) in [6.45, 7) is 2.60. The smallest absolute Gasteiger partial charge is 0.319 e. The zero-order valence-corrected chi connectivity index (χ0v) is 16.8. The lowest BCUT2D eigenvalue weighted by molar-refractivity contribution is -0.147. The Labute approximate surface area is 175 Å². The van der Waals surface area contributed by atoms with Gasteiger partial charge in [0.2, 0.25) is 5.91 Å². The Bertz CT molecular complexity index is 1150. The number of hydrogen-bond donors (Lipinski definition) is 0. The molecule has 3 atom stereocenters. The zero-order chi connectivity index (χ0) is 20.7. The van der Waals surface area contributed by atoms with Crippen LogP contribution in [-0.2, 0) is 26.3 Å². The van der Waals surface area contributed by atoms with E-state index in [2.05, 4.69) is 0 Å². The van der Waals surface area contributed by atoms with Crippen LogP contribution in [0, 0.1) is 5.92 Å². The lowest BCUT2D eigenvalue weighted by atomic mass is 9.88. The third-order valence-electron chi connectivity index (χ3n) is 6.33. The highest BCUT2D eigenvalue weighted by Crippen LogP contribution is 2.61. The quantitative estimate of drug-likeness (QED) is 0.605.